The zero-order valence-electron chi connectivity index (χ0n) is 11.9. The number of hydrogen-bond donors (Lipinski definition) is 0. The molecule has 1 heterocycles. The Morgan fingerprint density at radius 1 is 1.10 bits per heavy atom. The van der Waals surface area contributed by atoms with Gasteiger partial charge in [0.15, 0.2) is 0 Å². The summed E-state index contributed by atoms with van der Waals surface area (Å²) in [5.74, 6) is 0. The van der Waals surface area contributed by atoms with E-state index in [4.69, 9.17) is 0 Å². The van der Waals surface area contributed by atoms with Crippen LogP contribution >= 0.6 is 15.9 Å². The molecule has 0 aliphatic carbocycles. The summed E-state index contributed by atoms with van der Waals surface area (Å²) >= 11 is 3.56. The van der Waals surface area contributed by atoms with Crippen LogP contribution in [0.25, 0.3) is 28.7 Å². The lowest BCUT2D eigenvalue weighted by Crippen LogP contribution is -1.96. The maximum Gasteiger partial charge on any atom is 0.0541 e. The summed E-state index contributed by atoms with van der Waals surface area (Å²) in [6, 6.07) is 16.8. The third-order valence-electron chi connectivity index (χ3n) is 3.55. The van der Waals surface area contributed by atoms with Gasteiger partial charge in [0.05, 0.1) is 11.2 Å². The molecular weight excluding hydrogens is 322 g/mol. The fourth-order valence-electron chi connectivity index (χ4n) is 2.71. The summed E-state index contributed by atoms with van der Waals surface area (Å²) in [4.78, 5) is 0. The molecule has 0 atom stereocenters. The third kappa shape index (κ3) is 2.36. The molecule has 0 spiro atoms. The molecule has 0 amide bonds. The van der Waals surface area contributed by atoms with E-state index in [0.29, 0.717) is 0 Å². The number of aromatic nitrogens is 1. The zero-order chi connectivity index (χ0) is 14.8. The van der Waals surface area contributed by atoms with E-state index >= 15 is 0 Å². The summed E-state index contributed by atoms with van der Waals surface area (Å²) in [5, 5.41) is 1.22. The highest BCUT2D eigenvalue weighted by Crippen LogP contribution is 2.32. The van der Waals surface area contributed by atoms with E-state index in [0.717, 1.165) is 15.9 Å². The maximum atomic E-state index is 3.99. The standard InChI is InChI=1S/C19H16BrN/c1-3-8-18-16(4-2)17-11-5-6-12-19(17)21(18)15-10-7-9-14(20)13-15/h3-13H,2H2,1H3/b8-3-. The largest absolute Gasteiger partial charge is 0.309 e. The molecule has 3 rings (SSSR count). The lowest BCUT2D eigenvalue weighted by molar-refractivity contribution is 1.10. The smallest absolute Gasteiger partial charge is 0.0541 e. The molecule has 1 nitrogen and oxygen atoms in total. The molecule has 0 aliphatic rings. The number of nitrogens with zero attached hydrogens (tertiary/aromatic N) is 1. The van der Waals surface area contributed by atoms with Crippen LogP contribution in [0.3, 0.4) is 0 Å². The maximum absolute atomic E-state index is 3.99. The molecule has 2 heteroatoms. The second-order valence-electron chi connectivity index (χ2n) is 4.84. The number of para-hydroxylation sites is 1. The first-order chi connectivity index (χ1) is 10.3. The van der Waals surface area contributed by atoms with Crippen molar-refractivity contribution < 1.29 is 0 Å². The summed E-state index contributed by atoms with van der Waals surface area (Å²) in [7, 11) is 0. The topological polar surface area (TPSA) is 4.93 Å². The van der Waals surface area contributed by atoms with Crippen LogP contribution in [0.15, 0.2) is 65.7 Å². The van der Waals surface area contributed by atoms with E-state index in [1.807, 2.05) is 19.1 Å². The van der Waals surface area contributed by atoms with Crippen LogP contribution in [0.1, 0.15) is 18.2 Å². The highest BCUT2D eigenvalue weighted by Gasteiger charge is 2.14. The minimum Gasteiger partial charge on any atom is -0.309 e. The highest BCUT2D eigenvalue weighted by atomic mass is 79.9. The molecule has 1 aromatic heterocycles. The van der Waals surface area contributed by atoms with Crippen LogP contribution in [0, 0.1) is 0 Å². The Kier molecular flexibility index (Phi) is 3.80. The van der Waals surface area contributed by atoms with Crippen molar-refractivity contribution in [3.8, 4) is 5.69 Å². The van der Waals surface area contributed by atoms with E-state index in [2.05, 4.69) is 81.7 Å². The van der Waals surface area contributed by atoms with E-state index in [-0.39, 0.29) is 0 Å². The number of benzene rings is 2. The normalized spacial score (nSPS) is 11.3. The minimum absolute atomic E-state index is 1.07. The van der Waals surface area contributed by atoms with Crippen molar-refractivity contribution in [3.05, 3.63) is 76.9 Å². The number of rotatable bonds is 3. The van der Waals surface area contributed by atoms with Crippen molar-refractivity contribution in [1.29, 1.82) is 0 Å². The predicted octanol–water partition coefficient (Wildman–Crippen LogP) is 6.07. The van der Waals surface area contributed by atoms with E-state index in [1.165, 1.54) is 16.5 Å². The Morgan fingerprint density at radius 3 is 2.62 bits per heavy atom. The van der Waals surface area contributed by atoms with Crippen LogP contribution in [0.4, 0.5) is 0 Å². The average Bonchev–Trinajstić information content (AvgIpc) is 2.81. The average molecular weight is 338 g/mol. The number of hydrogen-bond acceptors (Lipinski definition) is 0. The summed E-state index contributed by atoms with van der Waals surface area (Å²) in [5.41, 5.74) is 4.66. The van der Waals surface area contributed by atoms with Gasteiger partial charge in [0, 0.05) is 21.1 Å². The lowest BCUT2D eigenvalue weighted by atomic mass is 10.1. The fraction of sp³-hybridized carbons (Fsp3) is 0.0526. The lowest BCUT2D eigenvalue weighted by Gasteiger charge is -2.09. The van der Waals surface area contributed by atoms with E-state index in [1.54, 1.807) is 0 Å². The van der Waals surface area contributed by atoms with Crippen molar-refractivity contribution in [2.24, 2.45) is 0 Å². The second kappa shape index (κ2) is 5.74. The Balaban J connectivity index is 2.45. The van der Waals surface area contributed by atoms with Crippen molar-refractivity contribution in [2.45, 2.75) is 6.92 Å². The Labute approximate surface area is 133 Å². The second-order valence-corrected chi connectivity index (χ2v) is 5.75. The van der Waals surface area contributed by atoms with Crippen molar-refractivity contribution >= 4 is 39.0 Å². The van der Waals surface area contributed by atoms with Gasteiger partial charge in [0.1, 0.15) is 0 Å². The van der Waals surface area contributed by atoms with Gasteiger partial charge in [-0.25, -0.2) is 0 Å². The van der Waals surface area contributed by atoms with Gasteiger partial charge in [0.2, 0.25) is 0 Å². The number of halogens is 1. The molecule has 2 aromatic carbocycles. The molecule has 0 fully saturated rings. The van der Waals surface area contributed by atoms with Crippen LogP contribution in [-0.4, -0.2) is 4.57 Å². The molecular formula is C19H16BrN. The monoisotopic (exact) mass is 337 g/mol. The molecule has 3 aromatic rings. The minimum atomic E-state index is 1.07. The van der Waals surface area contributed by atoms with Gasteiger partial charge >= 0.3 is 0 Å². The number of fused-ring (bicyclic) bond motifs is 1. The summed E-state index contributed by atoms with van der Waals surface area (Å²) in [6.45, 7) is 6.03. The first-order valence-electron chi connectivity index (χ1n) is 6.90. The zero-order valence-corrected chi connectivity index (χ0v) is 13.5. The molecule has 0 saturated heterocycles. The van der Waals surface area contributed by atoms with Crippen LogP contribution in [0.5, 0.6) is 0 Å². The number of allylic oxidation sites excluding steroid dienone is 1. The van der Waals surface area contributed by atoms with Gasteiger partial charge in [-0.05, 0) is 37.3 Å². The molecule has 21 heavy (non-hydrogen) atoms. The molecule has 0 radical (unpaired) electrons. The molecule has 0 aliphatic heterocycles. The summed E-state index contributed by atoms with van der Waals surface area (Å²) in [6.07, 6.45) is 6.14. The Bertz CT molecular complexity index is 840. The van der Waals surface area contributed by atoms with Crippen LogP contribution in [0.2, 0.25) is 0 Å². The van der Waals surface area contributed by atoms with Crippen molar-refractivity contribution in [1.82, 2.24) is 4.57 Å². The van der Waals surface area contributed by atoms with Gasteiger partial charge in [-0.3, -0.25) is 0 Å². The quantitative estimate of drug-likeness (QED) is 0.546. The molecule has 0 saturated carbocycles. The van der Waals surface area contributed by atoms with E-state index in [9.17, 15) is 0 Å². The first kappa shape index (κ1) is 13.9. The van der Waals surface area contributed by atoms with Gasteiger partial charge in [-0.15, -0.1) is 0 Å². The molecule has 0 bridgehead atoms. The predicted molar refractivity (Wildman–Crippen MR) is 95.8 cm³/mol. The Hall–Kier alpha value is -2.06. The van der Waals surface area contributed by atoms with Gasteiger partial charge in [-0.2, -0.15) is 0 Å². The molecule has 0 unspecified atom stereocenters. The summed E-state index contributed by atoms with van der Waals surface area (Å²) < 4.78 is 3.35. The molecule has 0 N–H and O–H groups in total. The third-order valence-corrected chi connectivity index (χ3v) is 4.04. The van der Waals surface area contributed by atoms with Crippen LogP contribution < -0.4 is 0 Å². The Morgan fingerprint density at radius 2 is 1.90 bits per heavy atom. The fourth-order valence-corrected chi connectivity index (χ4v) is 3.10. The van der Waals surface area contributed by atoms with Crippen molar-refractivity contribution in [2.75, 3.05) is 0 Å². The van der Waals surface area contributed by atoms with E-state index < -0.39 is 0 Å². The van der Waals surface area contributed by atoms with Gasteiger partial charge in [-0.1, -0.05) is 58.9 Å². The van der Waals surface area contributed by atoms with Crippen LogP contribution in [-0.2, 0) is 0 Å². The van der Waals surface area contributed by atoms with Crippen molar-refractivity contribution in [3.63, 3.8) is 0 Å². The van der Waals surface area contributed by atoms with Gasteiger partial charge in [0.25, 0.3) is 0 Å². The molecule has 104 valence electrons. The first-order valence-corrected chi connectivity index (χ1v) is 7.70. The highest BCUT2D eigenvalue weighted by molar-refractivity contribution is 9.10. The SMILES string of the molecule is C=Cc1c(/C=C\C)n(-c2cccc(Br)c2)c2ccccc12. The van der Waals surface area contributed by atoms with Gasteiger partial charge < -0.3 is 4.57 Å².